The fourth-order valence-electron chi connectivity index (χ4n) is 2.82. The number of alkyl halides is 3. The molecule has 0 aromatic heterocycles. The topological polar surface area (TPSA) is 34.1 Å². The maximum Gasteiger partial charge on any atom is 0.421 e. The first-order chi connectivity index (χ1) is 11.6. The Morgan fingerprint density at radius 1 is 1.36 bits per heavy atom. The fraction of sp³-hybridized carbons (Fsp3) is 0.611. The van der Waals surface area contributed by atoms with Crippen LogP contribution in [0.5, 0.6) is 5.75 Å². The molecule has 1 fully saturated rings. The van der Waals surface area contributed by atoms with Crippen molar-refractivity contribution in [2.45, 2.75) is 51.4 Å². The summed E-state index contributed by atoms with van der Waals surface area (Å²) in [5, 5.41) is 0. The molecule has 1 aromatic carbocycles. The number of aliphatic imine (C=N–C) groups is 1. The highest BCUT2D eigenvalue weighted by molar-refractivity contribution is 5.65. The third-order valence-electron chi connectivity index (χ3n) is 4.63. The molecular weight excluding hydrogens is 333 g/mol. The van der Waals surface area contributed by atoms with E-state index in [1.54, 1.807) is 19.3 Å². The second kappa shape index (κ2) is 7.23. The van der Waals surface area contributed by atoms with Gasteiger partial charge >= 0.3 is 6.18 Å². The van der Waals surface area contributed by atoms with Gasteiger partial charge in [-0.1, -0.05) is 0 Å². The lowest BCUT2D eigenvalue weighted by Crippen LogP contribution is -2.42. The molecule has 1 unspecified atom stereocenters. The molecule has 25 heavy (non-hydrogen) atoms. The van der Waals surface area contributed by atoms with E-state index in [2.05, 4.69) is 4.99 Å². The molecule has 4 nitrogen and oxygen atoms in total. The Morgan fingerprint density at radius 2 is 2.04 bits per heavy atom. The van der Waals surface area contributed by atoms with E-state index in [1.165, 1.54) is 13.2 Å². The van der Waals surface area contributed by atoms with Gasteiger partial charge in [-0.3, -0.25) is 0 Å². The summed E-state index contributed by atoms with van der Waals surface area (Å²) >= 11 is 0. The van der Waals surface area contributed by atoms with Gasteiger partial charge in [0.2, 0.25) is 0 Å². The summed E-state index contributed by atoms with van der Waals surface area (Å²) in [6, 6.07) is 3.30. The molecule has 0 saturated carbocycles. The summed E-state index contributed by atoms with van der Waals surface area (Å²) in [5.41, 5.74) is -1.07. The summed E-state index contributed by atoms with van der Waals surface area (Å²) in [5.74, 6) is 0.143. The van der Waals surface area contributed by atoms with Crippen molar-refractivity contribution in [2.75, 3.05) is 20.8 Å². The molecule has 1 aliphatic heterocycles. The summed E-state index contributed by atoms with van der Waals surface area (Å²) < 4.78 is 51.8. The molecule has 0 N–H and O–H groups in total. The Balaban J connectivity index is 2.50. The third kappa shape index (κ3) is 3.76. The second-order valence-electron chi connectivity index (χ2n) is 6.62. The number of hydrogen-bond donors (Lipinski definition) is 0. The van der Waals surface area contributed by atoms with Crippen molar-refractivity contribution in [2.24, 2.45) is 4.99 Å². The van der Waals surface area contributed by atoms with Crippen LogP contribution in [0.25, 0.3) is 0 Å². The van der Waals surface area contributed by atoms with Crippen LogP contribution in [-0.2, 0) is 10.3 Å². The lowest BCUT2D eigenvalue weighted by Gasteiger charge is -2.32. The number of ether oxygens (including phenoxy) is 2. The average Bonchev–Trinajstić information content (AvgIpc) is 3.03. The highest BCUT2D eigenvalue weighted by Gasteiger charge is 2.60. The van der Waals surface area contributed by atoms with Crippen molar-refractivity contribution in [3.8, 4) is 5.75 Å². The number of halogens is 3. The number of hydrogen-bond acceptors (Lipinski definition) is 3. The standard InChI is InChI=1S/C18H25F3N2O2/c1-12(2)23(4)11-22-15-10-16(24-5)14(9-13(15)3)17(18(19,20)21)7-6-8-25-17/h9-12H,6-8H2,1-5H3. The monoisotopic (exact) mass is 358 g/mol. The second-order valence-corrected chi connectivity index (χ2v) is 6.62. The van der Waals surface area contributed by atoms with Crippen molar-refractivity contribution >= 4 is 12.0 Å². The molecule has 1 heterocycles. The first-order valence-electron chi connectivity index (χ1n) is 8.28. The quantitative estimate of drug-likeness (QED) is 0.571. The molecule has 7 heteroatoms. The van der Waals surface area contributed by atoms with Gasteiger partial charge in [0.05, 0.1) is 19.1 Å². The minimum absolute atomic E-state index is 0.0219. The van der Waals surface area contributed by atoms with Gasteiger partial charge in [-0.25, -0.2) is 4.99 Å². The Morgan fingerprint density at radius 3 is 2.52 bits per heavy atom. The van der Waals surface area contributed by atoms with Crippen LogP contribution < -0.4 is 4.74 Å². The largest absolute Gasteiger partial charge is 0.496 e. The van der Waals surface area contributed by atoms with E-state index >= 15 is 0 Å². The summed E-state index contributed by atoms with van der Waals surface area (Å²) in [6.45, 7) is 5.87. The van der Waals surface area contributed by atoms with E-state index in [1.807, 2.05) is 25.8 Å². The van der Waals surface area contributed by atoms with Crippen LogP contribution >= 0.6 is 0 Å². The van der Waals surface area contributed by atoms with Crippen LogP contribution in [0.1, 0.15) is 37.8 Å². The molecule has 1 saturated heterocycles. The molecule has 0 spiro atoms. The Kier molecular flexibility index (Phi) is 5.66. The van der Waals surface area contributed by atoms with E-state index in [-0.39, 0.29) is 30.4 Å². The molecule has 0 radical (unpaired) electrons. The van der Waals surface area contributed by atoms with E-state index in [4.69, 9.17) is 9.47 Å². The number of methoxy groups -OCH3 is 1. The lowest BCUT2D eigenvalue weighted by atomic mass is 9.88. The van der Waals surface area contributed by atoms with E-state index in [0.717, 1.165) is 0 Å². The van der Waals surface area contributed by atoms with Crippen molar-refractivity contribution < 1.29 is 22.6 Å². The summed E-state index contributed by atoms with van der Waals surface area (Å²) in [6.07, 6.45) is -2.59. The smallest absolute Gasteiger partial charge is 0.421 e. The predicted octanol–water partition coefficient (Wildman–Crippen LogP) is 4.57. The molecule has 1 aromatic rings. The van der Waals surface area contributed by atoms with E-state index < -0.39 is 11.8 Å². The van der Waals surface area contributed by atoms with Gasteiger partial charge in [0.1, 0.15) is 5.75 Å². The van der Waals surface area contributed by atoms with Crippen LogP contribution in [-0.4, -0.2) is 44.2 Å². The van der Waals surface area contributed by atoms with Crippen LogP contribution in [0.15, 0.2) is 17.1 Å². The zero-order chi connectivity index (χ0) is 18.8. The lowest BCUT2D eigenvalue weighted by molar-refractivity contribution is -0.269. The van der Waals surface area contributed by atoms with Gasteiger partial charge < -0.3 is 14.4 Å². The SMILES string of the molecule is COc1cc(N=CN(C)C(C)C)c(C)cc1C1(C(F)(F)F)CCCO1. The Bertz CT molecular complexity index is 636. The molecular formula is C18H25F3N2O2. The maximum atomic E-state index is 13.8. The van der Waals surface area contributed by atoms with Crippen LogP contribution in [0.2, 0.25) is 0 Å². The number of benzene rings is 1. The molecule has 1 aliphatic rings. The third-order valence-corrected chi connectivity index (χ3v) is 4.63. The Labute approximate surface area is 146 Å². The number of rotatable bonds is 5. The maximum absolute atomic E-state index is 13.8. The van der Waals surface area contributed by atoms with Crippen molar-refractivity contribution in [1.82, 2.24) is 4.90 Å². The van der Waals surface area contributed by atoms with E-state index in [0.29, 0.717) is 17.7 Å². The van der Waals surface area contributed by atoms with Gasteiger partial charge in [-0.05, 0) is 45.2 Å². The summed E-state index contributed by atoms with van der Waals surface area (Å²) in [4.78, 5) is 6.30. The zero-order valence-electron chi connectivity index (χ0n) is 15.3. The number of aryl methyl sites for hydroxylation is 1. The fourth-order valence-corrected chi connectivity index (χ4v) is 2.82. The van der Waals surface area contributed by atoms with Gasteiger partial charge in [-0.15, -0.1) is 0 Å². The van der Waals surface area contributed by atoms with E-state index in [9.17, 15) is 13.2 Å². The molecule has 0 bridgehead atoms. The molecule has 1 atom stereocenters. The normalized spacial score (nSPS) is 21.3. The molecule has 2 rings (SSSR count). The minimum atomic E-state index is -4.51. The predicted molar refractivity (Wildman–Crippen MR) is 91.7 cm³/mol. The minimum Gasteiger partial charge on any atom is -0.496 e. The van der Waals surface area contributed by atoms with Crippen molar-refractivity contribution in [3.63, 3.8) is 0 Å². The van der Waals surface area contributed by atoms with Crippen molar-refractivity contribution in [3.05, 3.63) is 23.3 Å². The first kappa shape index (κ1) is 19.6. The molecule has 0 amide bonds. The molecule has 140 valence electrons. The Hall–Kier alpha value is -1.76. The van der Waals surface area contributed by atoms with Crippen LogP contribution in [0.4, 0.5) is 18.9 Å². The average molecular weight is 358 g/mol. The van der Waals surface area contributed by atoms with Gasteiger partial charge in [0.15, 0.2) is 5.60 Å². The number of nitrogens with zero attached hydrogens (tertiary/aromatic N) is 2. The highest BCUT2D eigenvalue weighted by Crippen LogP contribution is 2.52. The van der Waals surface area contributed by atoms with Gasteiger partial charge in [0.25, 0.3) is 0 Å². The first-order valence-corrected chi connectivity index (χ1v) is 8.28. The van der Waals surface area contributed by atoms with Crippen molar-refractivity contribution in [1.29, 1.82) is 0 Å². The highest BCUT2D eigenvalue weighted by atomic mass is 19.4. The van der Waals surface area contributed by atoms with Crippen LogP contribution in [0.3, 0.4) is 0 Å². The van der Waals surface area contributed by atoms with Gasteiger partial charge in [-0.2, -0.15) is 13.2 Å². The van der Waals surface area contributed by atoms with Gasteiger partial charge in [0, 0.05) is 31.3 Å². The summed E-state index contributed by atoms with van der Waals surface area (Å²) in [7, 11) is 3.25. The van der Waals surface area contributed by atoms with Crippen LogP contribution in [0, 0.1) is 6.92 Å². The molecule has 0 aliphatic carbocycles. The zero-order valence-corrected chi connectivity index (χ0v) is 15.3.